The second kappa shape index (κ2) is 8.94. The summed E-state index contributed by atoms with van der Waals surface area (Å²) in [5.41, 5.74) is 0. The van der Waals surface area contributed by atoms with E-state index in [1.807, 2.05) is 13.8 Å². The summed E-state index contributed by atoms with van der Waals surface area (Å²) in [4.78, 5) is 26.6. The molecule has 0 saturated carbocycles. The quantitative estimate of drug-likeness (QED) is 0.635. The van der Waals surface area contributed by atoms with E-state index in [1.54, 1.807) is 38.0 Å². The molecule has 2 amide bonds. The summed E-state index contributed by atoms with van der Waals surface area (Å²) >= 11 is 0. The first-order valence-corrected chi connectivity index (χ1v) is 7.19. The van der Waals surface area contributed by atoms with Gasteiger partial charge in [-0.1, -0.05) is 33.1 Å². The van der Waals surface area contributed by atoms with Gasteiger partial charge in [0.25, 0.3) is 0 Å². The van der Waals surface area contributed by atoms with Crippen molar-refractivity contribution in [1.82, 2.24) is 9.80 Å². The van der Waals surface area contributed by atoms with E-state index in [1.165, 1.54) is 0 Å². The highest BCUT2D eigenvalue weighted by molar-refractivity contribution is 5.78. The minimum atomic E-state index is 0.107. The third kappa shape index (κ3) is 7.19. The van der Waals surface area contributed by atoms with Crippen LogP contribution < -0.4 is 0 Å². The number of unbranched alkanes of at least 4 members (excludes halogenated alkanes) is 2. The Morgan fingerprint density at radius 3 is 1.32 bits per heavy atom. The molecule has 2 unspecified atom stereocenters. The van der Waals surface area contributed by atoms with Gasteiger partial charge in [0.1, 0.15) is 0 Å². The van der Waals surface area contributed by atoms with Gasteiger partial charge < -0.3 is 9.80 Å². The fourth-order valence-corrected chi connectivity index (χ4v) is 2.21. The first kappa shape index (κ1) is 17.9. The van der Waals surface area contributed by atoms with Crippen molar-refractivity contribution in [3.63, 3.8) is 0 Å². The average molecular weight is 270 g/mol. The molecule has 0 N–H and O–H groups in total. The Morgan fingerprint density at radius 2 is 1.05 bits per heavy atom. The lowest BCUT2D eigenvalue weighted by Gasteiger charge is -2.17. The number of carbonyl (C=O) groups is 2. The van der Waals surface area contributed by atoms with Crippen molar-refractivity contribution < 1.29 is 9.59 Å². The number of hydrogen-bond donors (Lipinski definition) is 0. The van der Waals surface area contributed by atoms with Crippen molar-refractivity contribution >= 4 is 11.8 Å². The van der Waals surface area contributed by atoms with Gasteiger partial charge in [-0.25, -0.2) is 0 Å². The molecule has 0 heterocycles. The van der Waals surface area contributed by atoms with Crippen LogP contribution in [0.15, 0.2) is 0 Å². The number of nitrogens with zero attached hydrogens (tertiary/aromatic N) is 2. The van der Waals surface area contributed by atoms with E-state index in [9.17, 15) is 9.59 Å². The van der Waals surface area contributed by atoms with E-state index in [4.69, 9.17) is 0 Å². The van der Waals surface area contributed by atoms with E-state index in [0.717, 1.165) is 32.1 Å². The molecule has 0 aliphatic rings. The highest BCUT2D eigenvalue weighted by Gasteiger charge is 2.15. The third-order valence-electron chi connectivity index (χ3n) is 3.50. The van der Waals surface area contributed by atoms with Gasteiger partial charge >= 0.3 is 0 Å². The molecule has 0 saturated heterocycles. The molecule has 4 nitrogen and oxygen atoms in total. The van der Waals surface area contributed by atoms with Gasteiger partial charge in [0.2, 0.25) is 11.8 Å². The van der Waals surface area contributed by atoms with Crippen LogP contribution in [0.2, 0.25) is 0 Å². The van der Waals surface area contributed by atoms with E-state index in [0.29, 0.717) is 0 Å². The van der Waals surface area contributed by atoms with Crippen LogP contribution in [0, 0.1) is 11.8 Å². The van der Waals surface area contributed by atoms with Gasteiger partial charge in [0.15, 0.2) is 0 Å². The van der Waals surface area contributed by atoms with E-state index < -0.39 is 0 Å². The zero-order chi connectivity index (χ0) is 15.0. The summed E-state index contributed by atoms with van der Waals surface area (Å²) in [6, 6.07) is 0. The molecule has 0 rings (SSSR count). The molecule has 0 aliphatic heterocycles. The van der Waals surface area contributed by atoms with Gasteiger partial charge in [-0.15, -0.1) is 0 Å². The fraction of sp³-hybridized carbons (Fsp3) is 0.867. The second-order valence-corrected chi connectivity index (χ2v) is 5.91. The summed E-state index contributed by atoms with van der Waals surface area (Å²) in [5, 5.41) is 0. The second-order valence-electron chi connectivity index (χ2n) is 5.91. The summed E-state index contributed by atoms with van der Waals surface area (Å²) in [6.45, 7) is 3.97. The van der Waals surface area contributed by atoms with Crippen molar-refractivity contribution in [2.24, 2.45) is 11.8 Å². The van der Waals surface area contributed by atoms with E-state index >= 15 is 0 Å². The number of carbonyl (C=O) groups excluding carboxylic acids is 2. The summed E-state index contributed by atoms with van der Waals surface area (Å²) in [5.74, 6) is 0.624. The monoisotopic (exact) mass is 270 g/mol. The molecule has 0 bridgehead atoms. The Hall–Kier alpha value is -1.06. The Bertz CT molecular complexity index is 260. The number of hydrogen-bond acceptors (Lipinski definition) is 2. The number of rotatable bonds is 8. The molecule has 0 aliphatic carbocycles. The third-order valence-corrected chi connectivity index (χ3v) is 3.50. The molecule has 0 aromatic heterocycles. The summed E-state index contributed by atoms with van der Waals surface area (Å²) in [6.07, 6.45) is 5.09. The van der Waals surface area contributed by atoms with Crippen LogP contribution in [0.5, 0.6) is 0 Å². The van der Waals surface area contributed by atoms with Crippen LogP contribution in [0.1, 0.15) is 46.0 Å². The van der Waals surface area contributed by atoms with Crippen molar-refractivity contribution in [1.29, 1.82) is 0 Å². The van der Waals surface area contributed by atoms with Crippen molar-refractivity contribution in [3.05, 3.63) is 0 Å². The molecule has 4 heteroatoms. The lowest BCUT2D eigenvalue weighted by atomic mass is 9.98. The molecule has 0 spiro atoms. The fourth-order valence-electron chi connectivity index (χ4n) is 2.21. The Kier molecular flexibility index (Phi) is 8.44. The SMILES string of the molecule is CC(CCCCCC(C)C(=O)N(C)C)C(=O)N(C)C. The maximum Gasteiger partial charge on any atom is 0.224 e. The Balaban J connectivity index is 3.71. The van der Waals surface area contributed by atoms with Gasteiger partial charge in [0, 0.05) is 40.0 Å². The molecular formula is C15H30N2O2. The Labute approximate surface area is 118 Å². The van der Waals surface area contributed by atoms with Crippen molar-refractivity contribution in [3.8, 4) is 0 Å². The molecule has 0 aromatic carbocycles. The average Bonchev–Trinajstić information content (AvgIpc) is 2.35. The molecule has 0 fully saturated rings. The molecule has 19 heavy (non-hydrogen) atoms. The number of amides is 2. The molecule has 0 radical (unpaired) electrons. The zero-order valence-electron chi connectivity index (χ0n) is 13.4. The normalized spacial score (nSPS) is 13.8. The van der Waals surface area contributed by atoms with Crippen LogP contribution >= 0.6 is 0 Å². The highest BCUT2D eigenvalue weighted by Crippen LogP contribution is 2.15. The van der Waals surface area contributed by atoms with Crippen LogP contribution in [-0.4, -0.2) is 49.8 Å². The first-order chi connectivity index (χ1) is 8.77. The minimum Gasteiger partial charge on any atom is -0.349 e. The van der Waals surface area contributed by atoms with Gasteiger partial charge in [0.05, 0.1) is 0 Å². The van der Waals surface area contributed by atoms with Crippen LogP contribution in [0.4, 0.5) is 0 Å². The Morgan fingerprint density at radius 1 is 0.737 bits per heavy atom. The van der Waals surface area contributed by atoms with Crippen molar-refractivity contribution in [2.75, 3.05) is 28.2 Å². The molecule has 112 valence electrons. The molecular weight excluding hydrogens is 240 g/mol. The summed E-state index contributed by atoms with van der Waals surface area (Å²) in [7, 11) is 7.20. The lowest BCUT2D eigenvalue weighted by molar-refractivity contribution is -0.133. The highest BCUT2D eigenvalue weighted by atomic mass is 16.2. The predicted molar refractivity (Wildman–Crippen MR) is 78.8 cm³/mol. The smallest absolute Gasteiger partial charge is 0.224 e. The van der Waals surface area contributed by atoms with E-state index in [2.05, 4.69) is 0 Å². The van der Waals surface area contributed by atoms with Gasteiger partial charge in [-0.3, -0.25) is 9.59 Å². The zero-order valence-corrected chi connectivity index (χ0v) is 13.4. The standard InChI is InChI=1S/C15H30N2O2/c1-12(14(18)16(3)4)10-8-7-9-11-13(2)15(19)17(5)6/h12-13H,7-11H2,1-6H3. The van der Waals surface area contributed by atoms with Crippen LogP contribution in [0.25, 0.3) is 0 Å². The van der Waals surface area contributed by atoms with Crippen molar-refractivity contribution in [2.45, 2.75) is 46.0 Å². The largest absolute Gasteiger partial charge is 0.349 e. The van der Waals surface area contributed by atoms with Gasteiger partial charge in [-0.05, 0) is 12.8 Å². The maximum atomic E-state index is 11.7. The van der Waals surface area contributed by atoms with Crippen LogP contribution in [-0.2, 0) is 9.59 Å². The van der Waals surface area contributed by atoms with Crippen LogP contribution in [0.3, 0.4) is 0 Å². The molecule has 0 aromatic rings. The minimum absolute atomic E-state index is 0.107. The first-order valence-electron chi connectivity index (χ1n) is 7.19. The maximum absolute atomic E-state index is 11.7. The predicted octanol–water partition coefficient (Wildman–Crippen LogP) is 2.39. The van der Waals surface area contributed by atoms with E-state index in [-0.39, 0.29) is 23.7 Å². The summed E-state index contributed by atoms with van der Waals surface area (Å²) < 4.78 is 0. The topological polar surface area (TPSA) is 40.6 Å². The van der Waals surface area contributed by atoms with Gasteiger partial charge in [-0.2, -0.15) is 0 Å². The molecule has 2 atom stereocenters. The lowest BCUT2D eigenvalue weighted by Crippen LogP contribution is -2.28.